The van der Waals surface area contributed by atoms with Crippen LogP contribution in [0.1, 0.15) is 12.0 Å². The molecule has 1 aromatic rings. The van der Waals surface area contributed by atoms with Crippen LogP contribution in [-0.2, 0) is 11.2 Å². The molecule has 88 valence electrons. The minimum Gasteiger partial charge on any atom is -0.504 e. The summed E-state index contributed by atoms with van der Waals surface area (Å²) in [5.74, 6) is 0.740. The molecule has 16 heavy (non-hydrogen) atoms. The summed E-state index contributed by atoms with van der Waals surface area (Å²) in [6.07, 6.45) is 1.61. The molecule has 5 heteroatoms. The third kappa shape index (κ3) is 2.47. The minimum absolute atomic E-state index is 0.00979. The van der Waals surface area contributed by atoms with Crippen molar-refractivity contribution in [3.05, 3.63) is 16.1 Å². The molecule has 0 aliphatic rings. The Morgan fingerprint density at radius 2 is 2.12 bits per heavy atom. The van der Waals surface area contributed by atoms with Gasteiger partial charge in [0.15, 0.2) is 11.5 Å². The second kappa shape index (κ2) is 5.75. The Kier molecular flexibility index (Phi) is 4.61. The van der Waals surface area contributed by atoms with Gasteiger partial charge in [0.2, 0.25) is 5.75 Å². The molecular formula is C11H13BrO4. The van der Waals surface area contributed by atoms with Crippen molar-refractivity contribution < 1.29 is 19.4 Å². The van der Waals surface area contributed by atoms with Crippen LogP contribution < -0.4 is 9.47 Å². The zero-order chi connectivity index (χ0) is 12.1. The van der Waals surface area contributed by atoms with E-state index in [-0.39, 0.29) is 11.5 Å². The van der Waals surface area contributed by atoms with Gasteiger partial charge in [-0.3, -0.25) is 0 Å². The van der Waals surface area contributed by atoms with Gasteiger partial charge in [0.05, 0.1) is 14.2 Å². The first-order chi connectivity index (χ1) is 7.65. The van der Waals surface area contributed by atoms with Crippen molar-refractivity contribution in [2.45, 2.75) is 12.8 Å². The normalized spacial score (nSPS) is 9.94. The first-order valence-electron chi connectivity index (χ1n) is 4.71. The smallest absolute Gasteiger partial charge is 0.203 e. The summed E-state index contributed by atoms with van der Waals surface area (Å²) in [6, 6.07) is 1.71. The number of phenolic OH excluding ortho intramolecular Hbond substituents is 1. The predicted molar refractivity (Wildman–Crippen MR) is 63.3 cm³/mol. The number of hydrogen-bond acceptors (Lipinski definition) is 4. The molecule has 0 bridgehead atoms. The van der Waals surface area contributed by atoms with Gasteiger partial charge in [0.1, 0.15) is 6.29 Å². The average molecular weight is 289 g/mol. The number of hydrogen-bond donors (Lipinski definition) is 1. The van der Waals surface area contributed by atoms with E-state index in [0.717, 1.165) is 6.29 Å². The maximum absolute atomic E-state index is 10.3. The molecule has 1 N–H and O–H groups in total. The Morgan fingerprint density at radius 3 is 2.62 bits per heavy atom. The summed E-state index contributed by atoms with van der Waals surface area (Å²) in [5, 5.41) is 9.96. The molecule has 0 saturated carbocycles. The quantitative estimate of drug-likeness (QED) is 0.845. The summed E-state index contributed by atoms with van der Waals surface area (Å²) in [6.45, 7) is 0. The molecule has 0 unspecified atom stereocenters. The van der Waals surface area contributed by atoms with Gasteiger partial charge < -0.3 is 19.4 Å². The fourth-order valence-corrected chi connectivity index (χ4v) is 2.02. The first-order valence-corrected chi connectivity index (χ1v) is 5.51. The lowest BCUT2D eigenvalue weighted by Crippen LogP contribution is -1.96. The lowest BCUT2D eigenvalue weighted by Gasteiger charge is -2.14. The highest BCUT2D eigenvalue weighted by molar-refractivity contribution is 9.10. The number of rotatable bonds is 5. The van der Waals surface area contributed by atoms with Gasteiger partial charge in [-0.1, -0.05) is 15.9 Å². The van der Waals surface area contributed by atoms with Gasteiger partial charge in [0, 0.05) is 16.5 Å². The maximum atomic E-state index is 10.3. The maximum Gasteiger partial charge on any atom is 0.203 e. The van der Waals surface area contributed by atoms with Crippen molar-refractivity contribution in [1.82, 2.24) is 0 Å². The number of phenols is 1. The number of methoxy groups -OCH3 is 2. The predicted octanol–water partition coefficient (Wildman–Crippen LogP) is 2.30. The molecule has 0 atom stereocenters. The van der Waals surface area contributed by atoms with Crippen LogP contribution in [0.25, 0.3) is 0 Å². The Hall–Kier alpha value is -1.23. The topological polar surface area (TPSA) is 55.8 Å². The second-order valence-corrected chi connectivity index (χ2v) is 3.98. The summed E-state index contributed by atoms with van der Waals surface area (Å²) < 4.78 is 10.8. The largest absolute Gasteiger partial charge is 0.504 e. The second-order valence-electron chi connectivity index (χ2n) is 3.13. The molecule has 0 spiro atoms. The highest BCUT2D eigenvalue weighted by Crippen LogP contribution is 2.43. The van der Waals surface area contributed by atoms with E-state index in [1.54, 1.807) is 6.07 Å². The van der Waals surface area contributed by atoms with Crippen LogP contribution in [0.4, 0.5) is 0 Å². The van der Waals surface area contributed by atoms with E-state index in [9.17, 15) is 9.90 Å². The Bertz CT molecular complexity index is 390. The van der Waals surface area contributed by atoms with Gasteiger partial charge in [0.25, 0.3) is 0 Å². The van der Waals surface area contributed by atoms with E-state index in [1.165, 1.54) is 14.2 Å². The summed E-state index contributed by atoms with van der Waals surface area (Å²) in [4.78, 5) is 10.3. The van der Waals surface area contributed by atoms with Gasteiger partial charge in [-0.05, 0) is 12.5 Å². The van der Waals surface area contributed by atoms with Crippen LogP contribution in [-0.4, -0.2) is 25.6 Å². The SMILES string of the molecule is COc1cc(Br)c(CCC=O)c(O)c1OC. The number of aromatic hydroxyl groups is 1. The number of benzene rings is 1. The molecule has 0 amide bonds. The molecule has 0 aliphatic heterocycles. The van der Waals surface area contributed by atoms with Crippen LogP contribution in [0.3, 0.4) is 0 Å². The summed E-state index contributed by atoms with van der Waals surface area (Å²) in [5.41, 5.74) is 0.643. The van der Waals surface area contributed by atoms with Gasteiger partial charge in [-0.15, -0.1) is 0 Å². The van der Waals surface area contributed by atoms with Crippen LogP contribution in [0.15, 0.2) is 10.5 Å². The van der Waals surface area contributed by atoms with Crippen LogP contribution in [0, 0.1) is 0 Å². The summed E-state index contributed by atoms with van der Waals surface area (Å²) >= 11 is 3.32. The molecule has 0 aliphatic carbocycles. The number of carbonyl (C=O) groups excluding carboxylic acids is 1. The van der Waals surface area contributed by atoms with Crippen molar-refractivity contribution in [2.24, 2.45) is 0 Å². The molecule has 0 saturated heterocycles. The molecule has 1 aromatic carbocycles. The van der Waals surface area contributed by atoms with E-state index in [1.807, 2.05) is 0 Å². The number of halogens is 1. The molecule has 0 aromatic heterocycles. The van der Waals surface area contributed by atoms with Crippen LogP contribution in [0.2, 0.25) is 0 Å². The molecule has 0 fully saturated rings. The molecule has 0 radical (unpaired) electrons. The number of aldehydes is 1. The van der Waals surface area contributed by atoms with Crippen molar-refractivity contribution in [3.63, 3.8) is 0 Å². The van der Waals surface area contributed by atoms with Crippen LogP contribution >= 0.6 is 15.9 Å². The van der Waals surface area contributed by atoms with Gasteiger partial charge in [-0.2, -0.15) is 0 Å². The van der Waals surface area contributed by atoms with E-state index in [4.69, 9.17) is 9.47 Å². The van der Waals surface area contributed by atoms with E-state index >= 15 is 0 Å². The van der Waals surface area contributed by atoms with Crippen molar-refractivity contribution in [1.29, 1.82) is 0 Å². The molecule has 1 rings (SSSR count). The average Bonchev–Trinajstić information content (AvgIpc) is 2.28. The first kappa shape index (κ1) is 12.8. The zero-order valence-corrected chi connectivity index (χ0v) is 10.7. The highest BCUT2D eigenvalue weighted by Gasteiger charge is 2.17. The molecular weight excluding hydrogens is 276 g/mol. The number of ether oxygens (including phenoxy) is 2. The van der Waals surface area contributed by atoms with Crippen molar-refractivity contribution >= 4 is 22.2 Å². The van der Waals surface area contributed by atoms with Gasteiger partial charge >= 0.3 is 0 Å². The number of carbonyl (C=O) groups is 1. The monoisotopic (exact) mass is 288 g/mol. The van der Waals surface area contributed by atoms with E-state index < -0.39 is 0 Å². The fraction of sp³-hybridized carbons (Fsp3) is 0.364. The van der Waals surface area contributed by atoms with Crippen molar-refractivity contribution in [3.8, 4) is 17.2 Å². The Balaban J connectivity index is 3.23. The van der Waals surface area contributed by atoms with Crippen LogP contribution in [0.5, 0.6) is 17.2 Å². The lowest BCUT2D eigenvalue weighted by molar-refractivity contribution is -0.107. The molecule has 0 heterocycles. The molecule has 4 nitrogen and oxygen atoms in total. The third-order valence-electron chi connectivity index (χ3n) is 2.21. The zero-order valence-electron chi connectivity index (χ0n) is 9.12. The van der Waals surface area contributed by atoms with Crippen molar-refractivity contribution in [2.75, 3.05) is 14.2 Å². The Labute approximate surface area is 102 Å². The third-order valence-corrected chi connectivity index (χ3v) is 2.91. The standard InChI is InChI=1S/C11H13BrO4/c1-15-9-6-8(12)7(4-3-5-13)10(14)11(9)16-2/h5-6,14H,3-4H2,1-2H3. The Morgan fingerprint density at radius 1 is 1.44 bits per heavy atom. The minimum atomic E-state index is 0.00979. The highest BCUT2D eigenvalue weighted by atomic mass is 79.9. The van der Waals surface area contributed by atoms with E-state index in [0.29, 0.717) is 28.6 Å². The fourth-order valence-electron chi connectivity index (χ4n) is 1.42. The lowest BCUT2D eigenvalue weighted by atomic mass is 10.1. The van der Waals surface area contributed by atoms with Gasteiger partial charge in [-0.25, -0.2) is 0 Å². The summed E-state index contributed by atoms with van der Waals surface area (Å²) in [7, 11) is 2.95. The van der Waals surface area contributed by atoms with E-state index in [2.05, 4.69) is 15.9 Å².